The van der Waals surface area contributed by atoms with E-state index in [1.165, 1.54) is 12.1 Å². The van der Waals surface area contributed by atoms with Crippen LogP contribution in [0.15, 0.2) is 12.1 Å². The number of nitrogens with zero attached hydrogens (tertiary/aromatic N) is 3. The smallest absolute Gasteiger partial charge is 0.410 e. The number of piperazine rings is 1. The average Bonchev–Trinajstić information content (AvgIpc) is 3.05. The van der Waals surface area contributed by atoms with Crippen LogP contribution in [0.3, 0.4) is 0 Å². The van der Waals surface area contributed by atoms with E-state index in [2.05, 4.69) is 0 Å². The van der Waals surface area contributed by atoms with E-state index < -0.39 is 11.4 Å². The first-order valence-electron chi connectivity index (χ1n) is 7.95. The highest BCUT2D eigenvalue weighted by Crippen LogP contribution is 2.37. The second kappa shape index (κ2) is 5.55. The van der Waals surface area contributed by atoms with Crippen molar-refractivity contribution < 1.29 is 13.9 Å². The number of ether oxygens (including phenoxy) is 1. The number of nitrogens with two attached hydrogens (primary N) is 1. The Morgan fingerprint density at radius 1 is 1.38 bits per heavy atom. The van der Waals surface area contributed by atoms with Crippen LogP contribution in [0.4, 0.5) is 20.6 Å². The first-order chi connectivity index (χ1) is 11.2. The molecule has 2 bridgehead atoms. The van der Waals surface area contributed by atoms with Crippen LogP contribution in [0.2, 0.25) is 0 Å². The van der Waals surface area contributed by atoms with Gasteiger partial charge < -0.3 is 20.3 Å². The number of rotatable bonds is 1. The van der Waals surface area contributed by atoms with Crippen molar-refractivity contribution in [2.75, 3.05) is 23.7 Å². The molecule has 2 N–H and O–H groups in total. The summed E-state index contributed by atoms with van der Waals surface area (Å²) in [7, 11) is 0. The lowest BCUT2D eigenvalue weighted by atomic mass is 10.1. The van der Waals surface area contributed by atoms with Crippen molar-refractivity contribution in [2.45, 2.75) is 44.9 Å². The summed E-state index contributed by atoms with van der Waals surface area (Å²) in [5.74, 6) is -0.442. The zero-order chi connectivity index (χ0) is 17.6. The van der Waals surface area contributed by atoms with Gasteiger partial charge in [0.15, 0.2) is 0 Å². The molecule has 0 aliphatic carbocycles. The lowest BCUT2D eigenvalue weighted by Gasteiger charge is -2.36. The molecule has 2 fully saturated rings. The van der Waals surface area contributed by atoms with E-state index >= 15 is 0 Å². The fraction of sp³-hybridized carbons (Fsp3) is 0.529. The quantitative estimate of drug-likeness (QED) is 0.799. The molecule has 0 aromatic heterocycles. The highest BCUT2D eigenvalue weighted by atomic mass is 19.1. The molecule has 3 rings (SSSR count). The van der Waals surface area contributed by atoms with Crippen molar-refractivity contribution in [3.63, 3.8) is 0 Å². The Balaban J connectivity index is 1.77. The van der Waals surface area contributed by atoms with E-state index in [-0.39, 0.29) is 29.4 Å². The molecule has 2 heterocycles. The number of carbonyl (C=O) groups excluding carboxylic acids is 1. The lowest BCUT2D eigenvalue weighted by molar-refractivity contribution is 0.0214. The van der Waals surface area contributed by atoms with Crippen LogP contribution in [-0.4, -0.2) is 41.8 Å². The van der Waals surface area contributed by atoms with Gasteiger partial charge in [-0.25, -0.2) is 9.18 Å². The minimum atomic E-state index is -0.538. The molecule has 0 spiro atoms. The zero-order valence-corrected chi connectivity index (χ0v) is 14.0. The van der Waals surface area contributed by atoms with E-state index in [0.29, 0.717) is 18.8 Å². The van der Waals surface area contributed by atoms with Crippen molar-refractivity contribution in [2.24, 2.45) is 0 Å². The predicted molar refractivity (Wildman–Crippen MR) is 88.0 cm³/mol. The summed E-state index contributed by atoms with van der Waals surface area (Å²) in [5.41, 5.74) is 5.88. The van der Waals surface area contributed by atoms with Gasteiger partial charge >= 0.3 is 6.09 Å². The number of likely N-dealkylation sites (tertiary alicyclic amines) is 1. The van der Waals surface area contributed by atoms with Gasteiger partial charge in [-0.15, -0.1) is 0 Å². The molecule has 2 atom stereocenters. The standard InChI is InChI=1S/C17H21FN4O2/c1-17(2,3)24-16(23)22-9-11-5-12(22)8-21(11)15-4-10(7-19)14(20)6-13(15)18/h4,6,11-12H,5,8-9,20H2,1-3H3/t11-,12-/m0/s1. The number of halogens is 1. The Labute approximate surface area is 140 Å². The second-order valence-corrected chi connectivity index (χ2v) is 7.33. The predicted octanol–water partition coefficient (Wildman–Crippen LogP) is 2.48. The second-order valence-electron chi connectivity index (χ2n) is 7.33. The van der Waals surface area contributed by atoms with E-state index in [4.69, 9.17) is 15.7 Å². The molecule has 2 aliphatic heterocycles. The number of hydrogen-bond donors (Lipinski definition) is 1. The summed E-state index contributed by atoms with van der Waals surface area (Å²) in [4.78, 5) is 15.9. The van der Waals surface area contributed by atoms with Crippen molar-refractivity contribution in [1.29, 1.82) is 5.26 Å². The number of nitriles is 1. The third-order valence-electron chi connectivity index (χ3n) is 4.42. The molecule has 0 radical (unpaired) electrons. The molecule has 0 saturated carbocycles. The monoisotopic (exact) mass is 332 g/mol. The third-order valence-corrected chi connectivity index (χ3v) is 4.42. The maximum atomic E-state index is 14.3. The van der Waals surface area contributed by atoms with Crippen LogP contribution in [0, 0.1) is 17.1 Å². The Morgan fingerprint density at radius 3 is 2.62 bits per heavy atom. The number of anilines is 2. The summed E-state index contributed by atoms with van der Waals surface area (Å²) in [6.07, 6.45) is 0.440. The molecule has 7 heteroatoms. The first-order valence-corrected chi connectivity index (χ1v) is 7.95. The summed E-state index contributed by atoms with van der Waals surface area (Å²) in [6.45, 7) is 6.51. The summed E-state index contributed by atoms with van der Waals surface area (Å²) >= 11 is 0. The molecule has 6 nitrogen and oxygen atoms in total. The summed E-state index contributed by atoms with van der Waals surface area (Å²) in [6, 6.07) is 4.67. The van der Waals surface area contributed by atoms with E-state index in [0.717, 1.165) is 6.42 Å². The summed E-state index contributed by atoms with van der Waals surface area (Å²) < 4.78 is 19.7. The minimum Gasteiger partial charge on any atom is -0.444 e. The fourth-order valence-corrected chi connectivity index (χ4v) is 3.40. The molecule has 1 aromatic carbocycles. The Bertz CT molecular complexity index is 723. The molecule has 1 aromatic rings. The number of benzene rings is 1. The van der Waals surface area contributed by atoms with Crippen LogP contribution in [0.5, 0.6) is 0 Å². The van der Waals surface area contributed by atoms with Crippen molar-refractivity contribution in [3.05, 3.63) is 23.5 Å². The van der Waals surface area contributed by atoms with Crippen molar-refractivity contribution in [1.82, 2.24) is 4.90 Å². The number of fused-ring (bicyclic) bond motifs is 2. The van der Waals surface area contributed by atoms with Gasteiger partial charge in [0, 0.05) is 25.2 Å². The number of carbonyl (C=O) groups is 1. The number of nitrogen functional groups attached to an aromatic ring is 1. The van der Waals surface area contributed by atoms with Gasteiger partial charge in [0.05, 0.1) is 23.0 Å². The largest absolute Gasteiger partial charge is 0.444 e. The normalized spacial score (nSPS) is 22.6. The highest BCUT2D eigenvalue weighted by molar-refractivity contribution is 5.71. The van der Waals surface area contributed by atoms with Crippen LogP contribution in [-0.2, 0) is 4.74 Å². The third kappa shape index (κ3) is 2.84. The lowest BCUT2D eigenvalue weighted by Crippen LogP contribution is -2.50. The first kappa shape index (κ1) is 16.4. The fourth-order valence-electron chi connectivity index (χ4n) is 3.40. The molecular formula is C17H21FN4O2. The zero-order valence-electron chi connectivity index (χ0n) is 14.0. The maximum absolute atomic E-state index is 14.3. The Hall–Kier alpha value is -2.49. The van der Waals surface area contributed by atoms with Gasteiger partial charge in [-0.2, -0.15) is 5.26 Å². The van der Waals surface area contributed by atoms with Gasteiger partial charge in [-0.1, -0.05) is 0 Å². The Morgan fingerprint density at radius 2 is 2.08 bits per heavy atom. The van der Waals surface area contributed by atoms with E-state index in [1.807, 2.05) is 31.7 Å². The van der Waals surface area contributed by atoms with Crippen LogP contribution < -0.4 is 10.6 Å². The summed E-state index contributed by atoms with van der Waals surface area (Å²) in [5, 5.41) is 9.09. The van der Waals surface area contributed by atoms with Crippen LogP contribution >= 0.6 is 0 Å². The molecule has 24 heavy (non-hydrogen) atoms. The van der Waals surface area contributed by atoms with Gasteiger partial charge in [-0.3, -0.25) is 0 Å². The van der Waals surface area contributed by atoms with Crippen molar-refractivity contribution in [3.8, 4) is 6.07 Å². The Kier molecular flexibility index (Phi) is 3.78. The van der Waals surface area contributed by atoms with E-state index in [1.54, 1.807) is 4.90 Å². The molecule has 2 aliphatic rings. The molecular weight excluding hydrogens is 311 g/mol. The molecule has 128 valence electrons. The topological polar surface area (TPSA) is 82.6 Å². The molecule has 2 saturated heterocycles. The molecule has 0 unspecified atom stereocenters. The number of hydrogen-bond acceptors (Lipinski definition) is 5. The maximum Gasteiger partial charge on any atom is 0.410 e. The van der Waals surface area contributed by atoms with Crippen LogP contribution in [0.1, 0.15) is 32.8 Å². The van der Waals surface area contributed by atoms with Crippen molar-refractivity contribution >= 4 is 17.5 Å². The van der Waals surface area contributed by atoms with Gasteiger partial charge in [0.25, 0.3) is 0 Å². The highest BCUT2D eigenvalue weighted by Gasteiger charge is 2.47. The van der Waals surface area contributed by atoms with Gasteiger partial charge in [0.1, 0.15) is 17.5 Å². The number of amides is 1. The SMILES string of the molecule is CC(C)(C)OC(=O)N1C[C@@H]2C[C@H]1CN2c1cc(C#N)c(N)cc1F. The molecule has 1 amide bonds. The minimum absolute atomic E-state index is 0.00709. The average molecular weight is 332 g/mol. The van der Waals surface area contributed by atoms with Crippen LogP contribution in [0.25, 0.3) is 0 Å². The van der Waals surface area contributed by atoms with E-state index in [9.17, 15) is 9.18 Å². The van der Waals surface area contributed by atoms with Gasteiger partial charge in [0.2, 0.25) is 0 Å². The van der Waals surface area contributed by atoms with Gasteiger partial charge in [-0.05, 0) is 33.3 Å².